The lowest BCUT2D eigenvalue weighted by Gasteiger charge is -2.36. The van der Waals surface area contributed by atoms with E-state index in [2.05, 4.69) is 34.3 Å². The van der Waals surface area contributed by atoms with Crippen molar-refractivity contribution in [2.45, 2.75) is 37.4 Å². The van der Waals surface area contributed by atoms with Crippen LogP contribution in [0.15, 0.2) is 78.2 Å². The van der Waals surface area contributed by atoms with Gasteiger partial charge < -0.3 is 14.2 Å². The molecule has 1 saturated heterocycles. The van der Waals surface area contributed by atoms with Gasteiger partial charge in [0, 0.05) is 54.7 Å². The van der Waals surface area contributed by atoms with Crippen molar-refractivity contribution in [3.63, 3.8) is 0 Å². The van der Waals surface area contributed by atoms with Crippen LogP contribution in [0.4, 0.5) is 5.69 Å². The van der Waals surface area contributed by atoms with E-state index in [4.69, 9.17) is 16.3 Å². The van der Waals surface area contributed by atoms with E-state index in [0.717, 1.165) is 24.1 Å². The topological polar surface area (TPSA) is 103 Å². The quantitative estimate of drug-likeness (QED) is 0.283. The van der Waals surface area contributed by atoms with Gasteiger partial charge in [0.25, 0.3) is 0 Å². The van der Waals surface area contributed by atoms with Gasteiger partial charge in [0.15, 0.2) is 0 Å². The first-order valence-corrected chi connectivity index (χ1v) is 15.9. The molecule has 1 aliphatic carbocycles. The van der Waals surface area contributed by atoms with Crippen LogP contribution in [0.2, 0.25) is 5.02 Å². The van der Waals surface area contributed by atoms with Crippen molar-refractivity contribution in [3.05, 3.63) is 94.4 Å². The van der Waals surface area contributed by atoms with E-state index >= 15 is 0 Å². The maximum absolute atomic E-state index is 13.9. The van der Waals surface area contributed by atoms with Crippen LogP contribution in [-0.2, 0) is 15.4 Å². The van der Waals surface area contributed by atoms with Gasteiger partial charge in [-0.1, -0.05) is 29.8 Å². The Morgan fingerprint density at radius 2 is 1.76 bits per heavy atom. The first-order valence-electron chi connectivity index (χ1n) is 14.0. The van der Waals surface area contributed by atoms with Crippen molar-refractivity contribution in [1.29, 1.82) is 0 Å². The molecule has 0 unspecified atom stereocenters. The fourth-order valence-corrected chi connectivity index (χ4v) is 6.79. The Hall–Kier alpha value is -3.67. The molecule has 2 fully saturated rings. The molecule has 0 amide bonds. The lowest BCUT2D eigenvalue weighted by Crippen LogP contribution is -2.50. The highest BCUT2D eigenvalue weighted by Crippen LogP contribution is 2.48. The SMILES string of the molecule is CC(C)S(=O)(=O)N1CCN(c2cnn(-c3cccc(Cl)c3)c(=O)c2OCC2(c3ccc(-n4ccnc4)cc3)CC2)CC1. The van der Waals surface area contributed by atoms with Crippen LogP contribution in [0.5, 0.6) is 5.75 Å². The maximum atomic E-state index is 13.9. The standard InChI is InChI=1S/C30H33ClN6O4S/c1-22(2)42(39,40)36-16-14-34(15-17-36)27-19-33-37(26-5-3-4-24(31)18-26)29(38)28(27)41-20-30(10-11-30)23-6-8-25(9-7-23)35-13-12-32-21-35/h3-9,12-13,18-19,21-22H,10-11,14-17,20H2,1-2H3. The van der Waals surface area contributed by atoms with Crippen molar-refractivity contribution in [3.8, 4) is 17.1 Å². The number of rotatable bonds is 9. The number of nitrogens with zero attached hydrogens (tertiary/aromatic N) is 6. The number of imidazole rings is 1. The minimum atomic E-state index is -3.36. The summed E-state index contributed by atoms with van der Waals surface area (Å²) in [5.74, 6) is 0.200. The zero-order chi connectivity index (χ0) is 29.5. The second kappa shape index (κ2) is 11.2. The largest absolute Gasteiger partial charge is 0.485 e. The van der Waals surface area contributed by atoms with E-state index < -0.39 is 20.8 Å². The minimum Gasteiger partial charge on any atom is -0.485 e. The number of halogens is 1. The van der Waals surface area contributed by atoms with Crippen molar-refractivity contribution >= 4 is 27.3 Å². The molecular formula is C30H33ClN6O4S. The predicted molar refractivity (Wildman–Crippen MR) is 163 cm³/mol. The van der Waals surface area contributed by atoms with Crippen LogP contribution < -0.4 is 15.2 Å². The molecular weight excluding hydrogens is 576 g/mol. The van der Waals surface area contributed by atoms with Crippen LogP contribution in [0, 0.1) is 0 Å². The summed E-state index contributed by atoms with van der Waals surface area (Å²) in [7, 11) is -3.36. The molecule has 3 heterocycles. The summed E-state index contributed by atoms with van der Waals surface area (Å²) < 4.78 is 36.6. The summed E-state index contributed by atoms with van der Waals surface area (Å²) in [5.41, 5.74) is 2.69. The molecule has 4 aromatic rings. The number of aromatic nitrogens is 4. The third-order valence-corrected chi connectivity index (χ3v) is 10.6. The first kappa shape index (κ1) is 28.4. The predicted octanol–water partition coefficient (Wildman–Crippen LogP) is 4.04. The lowest BCUT2D eigenvalue weighted by atomic mass is 9.97. The molecule has 0 radical (unpaired) electrons. The summed E-state index contributed by atoms with van der Waals surface area (Å²) in [6.45, 7) is 5.20. The molecule has 0 atom stereocenters. The number of anilines is 1. The van der Waals surface area contributed by atoms with E-state index in [9.17, 15) is 13.2 Å². The van der Waals surface area contributed by atoms with Crippen LogP contribution in [0.3, 0.4) is 0 Å². The molecule has 2 aliphatic rings. The molecule has 2 aromatic carbocycles. The normalized spacial score (nSPS) is 17.0. The second-order valence-electron chi connectivity index (χ2n) is 11.1. The number of piperazine rings is 1. The van der Waals surface area contributed by atoms with Gasteiger partial charge in [0.05, 0.1) is 30.1 Å². The minimum absolute atomic E-state index is 0.189. The van der Waals surface area contributed by atoms with Gasteiger partial charge >= 0.3 is 5.56 Å². The van der Waals surface area contributed by atoms with Gasteiger partial charge in [0.1, 0.15) is 5.69 Å². The van der Waals surface area contributed by atoms with Gasteiger partial charge in [-0.15, -0.1) is 0 Å². The Bertz CT molecular complexity index is 1730. The third-order valence-electron chi connectivity index (χ3n) is 8.13. The Morgan fingerprint density at radius 1 is 1.02 bits per heavy atom. The molecule has 220 valence electrons. The molecule has 0 spiro atoms. The second-order valence-corrected chi connectivity index (χ2v) is 14.0. The Balaban J connectivity index is 1.29. The van der Waals surface area contributed by atoms with Gasteiger partial charge in [0.2, 0.25) is 15.8 Å². The molecule has 0 bridgehead atoms. The Kier molecular flexibility index (Phi) is 7.59. The molecule has 1 saturated carbocycles. The van der Waals surface area contributed by atoms with Gasteiger partial charge in [-0.25, -0.2) is 13.4 Å². The van der Waals surface area contributed by atoms with E-state index in [0.29, 0.717) is 49.2 Å². The summed E-state index contributed by atoms with van der Waals surface area (Å²) in [6.07, 6.45) is 8.94. The summed E-state index contributed by atoms with van der Waals surface area (Å²) >= 11 is 6.21. The molecule has 1 aliphatic heterocycles. The summed E-state index contributed by atoms with van der Waals surface area (Å²) in [5, 5.41) is 4.46. The Morgan fingerprint density at radius 3 is 2.38 bits per heavy atom. The van der Waals surface area contributed by atoms with Gasteiger partial charge in [-0.05, 0) is 62.6 Å². The molecule has 0 N–H and O–H groups in total. The van der Waals surface area contributed by atoms with E-state index in [1.807, 2.05) is 15.7 Å². The summed E-state index contributed by atoms with van der Waals surface area (Å²) in [6, 6.07) is 15.3. The fraction of sp³-hybridized carbons (Fsp3) is 0.367. The molecule has 42 heavy (non-hydrogen) atoms. The average molecular weight is 609 g/mol. The average Bonchev–Trinajstić information content (AvgIpc) is 3.58. The smallest absolute Gasteiger partial charge is 0.316 e. The van der Waals surface area contributed by atoms with E-state index in [1.54, 1.807) is 56.8 Å². The molecule has 6 rings (SSSR count). The number of sulfonamides is 1. The lowest BCUT2D eigenvalue weighted by molar-refractivity contribution is 0.272. The van der Waals surface area contributed by atoms with Crippen molar-refractivity contribution < 1.29 is 13.2 Å². The first-order chi connectivity index (χ1) is 20.2. The highest BCUT2D eigenvalue weighted by molar-refractivity contribution is 7.89. The molecule has 12 heteroatoms. The van der Waals surface area contributed by atoms with Crippen LogP contribution in [-0.4, -0.2) is 70.1 Å². The maximum Gasteiger partial charge on any atom is 0.316 e. The van der Waals surface area contributed by atoms with Crippen LogP contribution in [0.1, 0.15) is 32.3 Å². The van der Waals surface area contributed by atoms with E-state index in [-0.39, 0.29) is 11.2 Å². The number of ether oxygens (including phenoxy) is 1. The number of hydrogen-bond acceptors (Lipinski definition) is 7. The van der Waals surface area contributed by atoms with Gasteiger partial charge in [-0.3, -0.25) is 4.79 Å². The van der Waals surface area contributed by atoms with Crippen molar-refractivity contribution in [1.82, 2.24) is 23.6 Å². The van der Waals surface area contributed by atoms with Crippen molar-refractivity contribution in [2.24, 2.45) is 0 Å². The highest BCUT2D eigenvalue weighted by Gasteiger charge is 2.45. The van der Waals surface area contributed by atoms with Crippen molar-refractivity contribution in [2.75, 3.05) is 37.7 Å². The van der Waals surface area contributed by atoms with Crippen LogP contribution >= 0.6 is 11.6 Å². The highest BCUT2D eigenvalue weighted by atomic mass is 35.5. The zero-order valence-electron chi connectivity index (χ0n) is 23.6. The van der Waals surface area contributed by atoms with Gasteiger partial charge in [-0.2, -0.15) is 14.1 Å². The van der Waals surface area contributed by atoms with Crippen LogP contribution in [0.25, 0.3) is 11.4 Å². The molecule has 2 aromatic heterocycles. The number of benzene rings is 2. The Labute approximate surface area is 250 Å². The summed E-state index contributed by atoms with van der Waals surface area (Å²) in [4.78, 5) is 20.0. The monoisotopic (exact) mass is 608 g/mol. The zero-order valence-corrected chi connectivity index (χ0v) is 25.1. The number of hydrogen-bond donors (Lipinski definition) is 0. The van der Waals surface area contributed by atoms with E-state index in [1.165, 1.54) is 8.99 Å². The molecule has 10 nitrogen and oxygen atoms in total. The fourth-order valence-electron chi connectivity index (χ4n) is 5.34. The third kappa shape index (κ3) is 5.44.